The lowest BCUT2D eigenvalue weighted by Crippen LogP contribution is -2.48. The molecule has 0 aromatic heterocycles. The molecule has 3 N–H and O–H groups in total. The minimum absolute atomic E-state index is 0.0620. The van der Waals surface area contributed by atoms with E-state index in [1.54, 1.807) is 29.2 Å². The molecule has 0 saturated carbocycles. The maximum Gasteiger partial charge on any atom is 0.254 e. The van der Waals surface area contributed by atoms with Gasteiger partial charge in [-0.05, 0) is 64.8 Å². The molecule has 0 unspecified atom stereocenters. The number of carbonyl (C=O) groups excluding carboxylic acids is 3. The summed E-state index contributed by atoms with van der Waals surface area (Å²) in [4.78, 5) is 38.1. The molecule has 25 heavy (non-hydrogen) atoms. The van der Waals surface area contributed by atoms with Gasteiger partial charge < -0.3 is 16.0 Å². The van der Waals surface area contributed by atoms with Crippen molar-refractivity contribution in [2.75, 3.05) is 6.54 Å². The normalized spacial score (nSPS) is 20.9. The van der Waals surface area contributed by atoms with Gasteiger partial charge in [-0.15, -0.1) is 0 Å². The zero-order chi connectivity index (χ0) is 18.8. The Morgan fingerprint density at radius 1 is 1.08 bits per heavy atom. The molecule has 0 aliphatic carbocycles. The fourth-order valence-electron chi connectivity index (χ4n) is 2.96. The Labute approximate surface area is 148 Å². The minimum atomic E-state index is -0.362. The number of nitrogens with two attached hydrogens (primary N) is 1. The lowest BCUT2D eigenvalue weighted by Gasteiger charge is -2.37. The number of piperidine rings is 1. The fraction of sp³-hybridized carbons (Fsp3) is 0.526. The van der Waals surface area contributed by atoms with E-state index in [0.717, 1.165) is 6.42 Å². The summed E-state index contributed by atoms with van der Waals surface area (Å²) < 4.78 is 0. The fourth-order valence-corrected chi connectivity index (χ4v) is 2.96. The molecular weight excluding hydrogens is 318 g/mol. The standard InChI is InChI=1S/C19H27N3O3/c1-12-5-6-15(16(20)23)11-22(12)18(25)14-9-7-13(8-10-14)17(24)21-19(2,3)4/h7-10,12,15H,5-6,11H2,1-4H3,(H2,20,23)(H,21,24)/t12-,15+/m0/s1. The van der Waals surface area contributed by atoms with E-state index in [1.807, 2.05) is 27.7 Å². The smallest absolute Gasteiger partial charge is 0.254 e. The average Bonchev–Trinajstić information content (AvgIpc) is 2.53. The number of carbonyl (C=O) groups is 3. The third kappa shape index (κ3) is 4.81. The highest BCUT2D eigenvalue weighted by atomic mass is 16.2. The third-order valence-corrected chi connectivity index (χ3v) is 4.43. The van der Waals surface area contributed by atoms with E-state index in [1.165, 1.54) is 0 Å². The van der Waals surface area contributed by atoms with Gasteiger partial charge in [-0.1, -0.05) is 0 Å². The summed E-state index contributed by atoms with van der Waals surface area (Å²) in [7, 11) is 0. The molecule has 1 saturated heterocycles. The number of amides is 3. The maximum absolute atomic E-state index is 12.8. The second-order valence-corrected chi connectivity index (χ2v) is 7.76. The first-order valence-electron chi connectivity index (χ1n) is 8.61. The van der Waals surface area contributed by atoms with Gasteiger partial charge in [0, 0.05) is 29.3 Å². The summed E-state index contributed by atoms with van der Waals surface area (Å²) in [5.41, 5.74) is 6.09. The zero-order valence-corrected chi connectivity index (χ0v) is 15.3. The van der Waals surface area contributed by atoms with Crippen molar-refractivity contribution in [3.05, 3.63) is 35.4 Å². The van der Waals surface area contributed by atoms with Crippen molar-refractivity contribution in [3.8, 4) is 0 Å². The lowest BCUT2D eigenvalue weighted by atomic mass is 9.92. The van der Waals surface area contributed by atoms with Crippen molar-refractivity contribution >= 4 is 17.7 Å². The molecule has 1 aliphatic rings. The van der Waals surface area contributed by atoms with E-state index in [-0.39, 0.29) is 35.2 Å². The van der Waals surface area contributed by atoms with Crippen molar-refractivity contribution in [2.45, 2.75) is 52.1 Å². The number of hydrogen-bond acceptors (Lipinski definition) is 3. The molecule has 2 atom stereocenters. The van der Waals surface area contributed by atoms with Gasteiger partial charge in [-0.25, -0.2) is 0 Å². The second-order valence-electron chi connectivity index (χ2n) is 7.76. The number of primary amides is 1. The van der Waals surface area contributed by atoms with Crippen LogP contribution in [0.15, 0.2) is 24.3 Å². The Hall–Kier alpha value is -2.37. The first-order chi connectivity index (χ1) is 11.6. The van der Waals surface area contributed by atoms with E-state index in [9.17, 15) is 14.4 Å². The van der Waals surface area contributed by atoms with Crippen molar-refractivity contribution in [1.82, 2.24) is 10.2 Å². The Balaban J connectivity index is 2.11. The van der Waals surface area contributed by atoms with Crippen LogP contribution in [0, 0.1) is 5.92 Å². The average molecular weight is 345 g/mol. The monoisotopic (exact) mass is 345 g/mol. The largest absolute Gasteiger partial charge is 0.369 e. The van der Waals surface area contributed by atoms with Crippen LogP contribution in [0.5, 0.6) is 0 Å². The molecule has 0 bridgehead atoms. The van der Waals surface area contributed by atoms with Gasteiger partial charge in [0.2, 0.25) is 5.91 Å². The van der Waals surface area contributed by atoms with Gasteiger partial charge in [0.1, 0.15) is 0 Å². The summed E-state index contributed by atoms with van der Waals surface area (Å²) in [5, 5.41) is 2.89. The molecule has 3 amide bonds. The molecule has 1 aromatic rings. The van der Waals surface area contributed by atoms with Gasteiger partial charge in [0.25, 0.3) is 11.8 Å². The molecule has 0 radical (unpaired) electrons. The maximum atomic E-state index is 12.8. The number of benzene rings is 1. The van der Waals surface area contributed by atoms with Crippen LogP contribution in [-0.4, -0.2) is 40.7 Å². The van der Waals surface area contributed by atoms with Crippen LogP contribution in [0.3, 0.4) is 0 Å². The van der Waals surface area contributed by atoms with Crippen LogP contribution in [0.25, 0.3) is 0 Å². The van der Waals surface area contributed by atoms with Crippen LogP contribution >= 0.6 is 0 Å². The number of rotatable bonds is 3. The van der Waals surface area contributed by atoms with Crippen LogP contribution < -0.4 is 11.1 Å². The molecule has 1 aromatic carbocycles. The van der Waals surface area contributed by atoms with Gasteiger partial charge in [-0.2, -0.15) is 0 Å². The Kier molecular flexibility index (Phi) is 5.50. The zero-order valence-electron chi connectivity index (χ0n) is 15.3. The van der Waals surface area contributed by atoms with Crippen LogP contribution in [0.1, 0.15) is 61.3 Å². The number of nitrogens with zero attached hydrogens (tertiary/aromatic N) is 1. The molecule has 1 heterocycles. The van der Waals surface area contributed by atoms with E-state index in [2.05, 4.69) is 5.32 Å². The molecule has 6 nitrogen and oxygen atoms in total. The second kappa shape index (κ2) is 7.25. The Morgan fingerprint density at radius 2 is 1.64 bits per heavy atom. The first kappa shape index (κ1) is 19.0. The van der Waals surface area contributed by atoms with E-state index < -0.39 is 0 Å². The summed E-state index contributed by atoms with van der Waals surface area (Å²) >= 11 is 0. The van der Waals surface area contributed by atoms with Gasteiger partial charge in [-0.3, -0.25) is 14.4 Å². The van der Waals surface area contributed by atoms with E-state index in [4.69, 9.17) is 5.73 Å². The molecule has 1 aliphatic heterocycles. The number of nitrogens with one attached hydrogen (secondary N) is 1. The van der Waals surface area contributed by atoms with E-state index in [0.29, 0.717) is 24.1 Å². The van der Waals surface area contributed by atoms with E-state index >= 15 is 0 Å². The topological polar surface area (TPSA) is 92.5 Å². The van der Waals surface area contributed by atoms with Gasteiger partial charge in [0.05, 0.1) is 5.92 Å². The number of hydrogen-bond donors (Lipinski definition) is 2. The van der Waals surface area contributed by atoms with Crippen molar-refractivity contribution in [2.24, 2.45) is 11.7 Å². The highest BCUT2D eigenvalue weighted by molar-refractivity contribution is 5.98. The predicted molar refractivity (Wildman–Crippen MR) is 96.1 cm³/mol. The third-order valence-electron chi connectivity index (χ3n) is 4.43. The molecule has 6 heteroatoms. The highest BCUT2D eigenvalue weighted by Crippen LogP contribution is 2.23. The SMILES string of the molecule is C[C@H]1CC[C@@H](C(N)=O)CN1C(=O)c1ccc(C(=O)NC(C)(C)C)cc1. The molecular formula is C19H27N3O3. The first-order valence-corrected chi connectivity index (χ1v) is 8.61. The lowest BCUT2D eigenvalue weighted by molar-refractivity contribution is -0.123. The quantitative estimate of drug-likeness (QED) is 0.877. The molecule has 136 valence electrons. The summed E-state index contributed by atoms with van der Waals surface area (Å²) in [5.74, 6) is -0.969. The summed E-state index contributed by atoms with van der Waals surface area (Å²) in [6.45, 7) is 8.06. The van der Waals surface area contributed by atoms with Crippen molar-refractivity contribution in [1.29, 1.82) is 0 Å². The molecule has 2 rings (SSSR count). The van der Waals surface area contributed by atoms with Crippen LogP contribution in [0.2, 0.25) is 0 Å². The van der Waals surface area contributed by atoms with Gasteiger partial charge >= 0.3 is 0 Å². The minimum Gasteiger partial charge on any atom is -0.369 e. The van der Waals surface area contributed by atoms with Crippen molar-refractivity contribution < 1.29 is 14.4 Å². The Bertz CT molecular complexity index is 661. The van der Waals surface area contributed by atoms with Crippen molar-refractivity contribution in [3.63, 3.8) is 0 Å². The summed E-state index contributed by atoms with van der Waals surface area (Å²) in [6.07, 6.45) is 1.47. The van der Waals surface area contributed by atoms with Crippen LogP contribution in [-0.2, 0) is 4.79 Å². The Morgan fingerprint density at radius 3 is 2.16 bits per heavy atom. The summed E-state index contributed by atoms with van der Waals surface area (Å²) in [6, 6.07) is 6.66. The highest BCUT2D eigenvalue weighted by Gasteiger charge is 2.32. The van der Waals surface area contributed by atoms with Crippen LogP contribution in [0.4, 0.5) is 0 Å². The molecule has 1 fully saturated rings. The molecule has 0 spiro atoms. The number of likely N-dealkylation sites (tertiary alicyclic amines) is 1. The van der Waals surface area contributed by atoms with Gasteiger partial charge in [0.15, 0.2) is 0 Å². The predicted octanol–water partition coefficient (Wildman–Crippen LogP) is 1.94.